The van der Waals surface area contributed by atoms with Gasteiger partial charge in [-0.3, -0.25) is 9.59 Å². The standard InChI is InChI=1S/C19H21N3O2/c1-13(23)20-16-8-5-9-17(12-16)21-18(14-6-3-2-4-7-14)19(24)22-15-10-11-15/h2-9,12,15,18,21H,10-11H2,1H3,(H,20,23)(H,22,24)/t18-/m0/s1. The van der Waals surface area contributed by atoms with E-state index in [4.69, 9.17) is 0 Å². The molecule has 5 heteroatoms. The van der Waals surface area contributed by atoms with Gasteiger partial charge in [-0.2, -0.15) is 0 Å². The van der Waals surface area contributed by atoms with Crippen LogP contribution in [0.25, 0.3) is 0 Å². The Morgan fingerprint density at radius 3 is 2.38 bits per heavy atom. The third kappa shape index (κ3) is 4.35. The van der Waals surface area contributed by atoms with Crippen molar-refractivity contribution in [1.82, 2.24) is 5.32 Å². The molecule has 5 nitrogen and oxygen atoms in total. The summed E-state index contributed by atoms with van der Waals surface area (Å²) in [6, 6.07) is 16.8. The number of amides is 2. The molecule has 124 valence electrons. The largest absolute Gasteiger partial charge is 0.370 e. The second-order valence-electron chi connectivity index (χ2n) is 6.03. The summed E-state index contributed by atoms with van der Waals surface area (Å²) >= 11 is 0. The number of carbonyl (C=O) groups excluding carboxylic acids is 2. The summed E-state index contributed by atoms with van der Waals surface area (Å²) in [7, 11) is 0. The van der Waals surface area contributed by atoms with Gasteiger partial charge in [-0.1, -0.05) is 36.4 Å². The Morgan fingerprint density at radius 2 is 1.71 bits per heavy atom. The van der Waals surface area contributed by atoms with E-state index in [0.29, 0.717) is 11.7 Å². The van der Waals surface area contributed by atoms with Gasteiger partial charge >= 0.3 is 0 Å². The monoisotopic (exact) mass is 323 g/mol. The Hall–Kier alpha value is -2.82. The number of benzene rings is 2. The highest BCUT2D eigenvalue weighted by Crippen LogP contribution is 2.25. The molecule has 24 heavy (non-hydrogen) atoms. The van der Waals surface area contributed by atoms with Crippen LogP contribution in [0.15, 0.2) is 54.6 Å². The van der Waals surface area contributed by atoms with Crippen molar-refractivity contribution < 1.29 is 9.59 Å². The maximum atomic E-state index is 12.6. The van der Waals surface area contributed by atoms with Crippen LogP contribution in [-0.4, -0.2) is 17.9 Å². The molecule has 0 saturated heterocycles. The van der Waals surface area contributed by atoms with E-state index >= 15 is 0 Å². The number of anilines is 2. The van der Waals surface area contributed by atoms with Gasteiger partial charge in [0.05, 0.1) is 0 Å². The van der Waals surface area contributed by atoms with Gasteiger partial charge < -0.3 is 16.0 Å². The molecule has 2 aromatic carbocycles. The van der Waals surface area contributed by atoms with E-state index in [1.54, 1.807) is 0 Å². The summed E-state index contributed by atoms with van der Waals surface area (Å²) in [5, 5.41) is 9.08. The molecule has 0 aromatic heterocycles. The molecule has 0 heterocycles. The molecule has 3 rings (SSSR count). The first-order valence-corrected chi connectivity index (χ1v) is 8.11. The van der Waals surface area contributed by atoms with Crippen molar-refractivity contribution in [2.24, 2.45) is 0 Å². The number of rotatable bonds is 6. The van der Waals surface area contributed by atoms with Gasteiger partial charge in [-0.15, -0.1) is 0 Å². The first-order chi connectivity index (χ1) is 11.6. The zero-order valence-electron chi connectivity index (χ0n) is 13.6. The first kappa shape index (κ1) is 16.1. The minimum absolute atomic E-state index is 0.0337. The maximum absolute atomic E-state index is 12.6. The Morgan fingerprint density at radius 1 is 1.00 bits per heavy atom. The highest BCUT2D eigenvalue weighted by Gasteiger charge is 2.28. The predicted octanol–water partition coefficient (Wildman–Crippen LogP) is 3.08. The fourth-order valence-electron chi connectivity index (χ4n) is 2.51. The zero-order valence-corrected chi connectivity index (χ0v) is 13.6. The molecule has 2 amide bonds. The molecule has 0 spiro atoms. The van der Waals surface area contributed by atoms with Gasteiger partial charge in [0, 0.05) is 24.3 Å². The minimum Gasteiger partial charge on any atom is -0.370 e. The lowest BCUT2D eigenvalue weighted by atomic mass is 10.1. The number of carbonyl (C=O) groups is 2. The molecular formula is C19H21N3O2. The maximum Gasteiger partial charge on any atom is 0.247 e. The van der Waals surface area contributed by atoms with Crippen LogP contribution in [0, 0.1) is 0 Å². The van der Waals surface area contributed by atoms with Crippen LogP contribution in [0.5, 0.6) is 0 Å². The van der Waals surface area contributed by atoms with Crippen LogP contribution < -0.4 is 16.0 Å². The van der Waals surface area contributed by atoms with Gasteiger partial charge in [-0.05, 0) is 36.6 Å². The molecule has 0 aliphatic heterocycles. The minimum atomic E-state index is -0.473. The topological polar surface area (TPSA) is 70.2 Å². The summed E-state index contributed by atoms with van der Waals surface area (Å²) < 4.78 is 0. The lowest BCUT2D eigenvalue weighted by Gasteiger charge is -2.20. The summed E-state index contributed by atoms with van der Waals surface area (Å²) in [4.78, 5) is 23.8. The molecule has 3 N–H and O–H groups in total. The van der Waals surface area contributed by atoms with Crippen molar-refractivity contribution >= 4 is 23.2 Å². The lowest BCUT2D eigenvalue weighted by molar-refractivity contribution is -0.122. The predicted molar refractivity (Wildman–Crippen MR) is 94.7 cm³/mol. The SMILES string of the molecule is CC(=O)Nc1cccc(N[C@H](C(=O)NC2CC2)c2ccccc2)c1. The van der Waals surface area contributed by atoms with Crippen LogP contribution >= 0.6 is 0 Å². The van der Waals surface area contributed by atoms with E-state index in [1.165, 1.54) is 6.92 Å². The van der Waals surface area contributed by atoms with Crippen LogP contribution in [0.1, 0.15) is 31.4 Å². The molecule has 1 aliphatic rings. The third-order valence-electron chi connectivity index (χ3n) is 3.81. The van der Waals surface area contributed by atoms with E-state index in [1.807, 2.05) is 54.6 Å². The lowest BCUT2D eigenvalue weighted by Crippen LogP contribution is -2.34. The van der Waals surface area contributed by atoms with Crippen molar-refractivity contribution in [1.29, 1.82) is 0 Å². The van der Waals surface area contributed by atoms with Gasteiger partial charge in [-0.25, -0.2) is 0 Å². The summed E-state index contributed by atoms with van der Waals surface area (Å²) in [6.07, 6.45) is 2.09. The summed E-state index contributed by atoms with van der Waals surface area (Å²) in [5.74, 6) is -0.160. The van der Waals surface area contributed by atoms with E-state index < -0.39 is 6.04 Å². The smallest absolute Gasteiger partial charge is 0.247 e. The average Bonchev–Trinajstić information content (AvgIpc) is 3.37. The number of hydrogen-bond acceptors (Lipinski definition) is 3. The number of hydrogen-bond donors (Lipinski definition) is 3. The first-order valence-electron chi connectivity index (χ1n) is 8.11. The quantitative estimate of drug-likeness (QED) is 0.765. The number of nitrogens with one attached hydrogen (secondary N) is 3. The molecule has 1 aliphatic carbocycles. The normalized spacial score (nSPS) is 14.5. The molecule has 0 unspecified atom stereocenters. The molecular weight excluding hydrogens is 302 g/mol. The Bertz CT molecular complexity index is 726. The highest BCUT2D eigenvalue weighted by molar-refractivity contribution is 5.90. The summed E-state index contributed by atoms with van der Waals surface area (Å²) in [6.45, 7) is 1.47. The highest BCUT2D eigenvalue weighted by atomic mass is 16.2. The van der Waals surface area contributed by atoms with Gasteiger partial charge in [0.15, 0.2) is 0 Å². The van der Waals surface area contributed by atoms with Crippen LogP contribution in [-0.2, 0) is 9.59 Å². The molecule has 1 saturated carbocycles. The van der Waals surface area contributed by atoms with E-state index in [9.17, 15) is 9.59 Å². The molecule has 1 atom stereocenters. The van der Waals surface area contributed by atoms with Crippen molar-refractivity contribution in [3.63, 3.8) is 0 Å². The fraction of sp³-hybridized carbons (Fsp3) is 0.263. The average molecular weight is 323 g/mol. The van der Waals surface area contributed by atoms with Crippen molar-refractivity contribution in [2.45, 2.75) is 31.8 Å². The second-order valence-corrected chi connectivity index (χ2v) is 6.03. The molecule has 1 fully saturated rings. The Balaban J connectivity index is 1.80. The van der Waals surface area contributed by atoms with Crippen LogP contribution in [0.4, 0.5) is 11.4 Å². The second kappa shape index (κ2) is 7.17. The van der Waals surface area contributed by atoms with E-state index in [0.717, 1.165) is 24.1 Å². The Labute approximate surface area is 141 Å². The zero-order chi connectivity index (χ0) is 16.9. The Kier molecular flexibility index (Phi) is 4.79. The van der Waals surface area contributed by atoms with Crippen molar-refractivity contribution in [3.8, 4) is 0 Å². The third-order valence-corrected chi connectivity index (χ3v) is 3.81. The molecule has 2 aromatic rings. The van der Waals surface area contributed by atoms with Crippen molar-refractivity contribution in [2.75, 3.05) is 10.6 Å². The van der Waals surface area contributed by atoms with Crippen LogP contribution in [0.2, 0.25) is 0 Å². The van der Waals surface area contributed by atoms with E-state index in [2.05, 4.69) is 16.0 Å². The van der Waals surface area contributed by atoms with Crippen molar-refractivity contribution in [3.05, 3.63) is 60.2 Å². The molecule has 0 radical (unpaired) electrons. The van der Waals surface area contributed by atoms with Gasteiger partial charge in [0.2, 0.25) is 11.8 Å². The summed E-state index contributed by atoms with van der Waals surface area (Å²) in [5.41, 5.74) is 2.38. The fourth-order valence-corrected chi connectivity index (χ4v) is 2.51. The molecule has 0 bridgehead atoms. The van der Waals surface area contributed by atoms with Gasteiger partial charge in [0.25, 0.3) is 0 Å². The van der Waals surface area contributed by atoms with Gasteiger partial charge in [0.1, 0.15) is 6.04 Å². The van der Waals surface area contributed by atoms with E-state index in [-0.39, 0.29) is 11.8 Å². The van der Waals surface area contributed by atoms with Crippen LogP contribution in [0.3, 0.4) is 0 Å².